The van der Waals surface area contributed by atoms with E-state index in [4.69, 9.17) is 4.74 Å². The van der Waals surface area contributed by atoms with Gasteiger partial charge in [0.2, 0.25) is 0 Å². The Kier molecular flexibility index (Phi) is 5.63. The second kappa shape index (κ2) is 7.02. The number of likely N-dealkylation sites (tertiary alicyclic amines) is 1. The first-order chi connectivity index (χ1) is 9.23. The van der Waals surface area contributed by atoms with E-state index in [0.29, 0.717) is 12.6 Å². The van der Waals surface area contributed by atoms with Gasteiger partial charge in [-0.1, -0.05) is 13.8 Å². The van der Waals surface area contributed by atoms with Gasteiger partial charge in [-0.2, -0.15) is 0 Å². The first-order valence-corrected chi connectivity index (χ1v) is 7.88. The maximum atomic E-state index is 9.78. The van der Waals surface area contributed by atoms with E-state index in [0.717, 1.165) is 45.7 Å². The number of aliphatic hydroxyl groups is 1. The molecule has 19 heavy (non-hydrogen) atoms. The zero-order valence-corrected chi connectivity index (χ0v) is 12.6. The molecule has 0 aromatic heterocycles. The van der Waals surface area contributed by atoms with E-state index in [2.05, 4.69) is 23.6 Å². The quantitative estimate of drug-likeness (QED) is 0.786. The maximum absolute atomic E-state index is 9.78. The molecule has 0 spiro atoms. The fraction of sp³-hybridized carbons (Fsp3) is 1.00. The molecule has 1 N–H and O–H groups in total. The van der Waals surface area contributed by atoms with Crippen molar-refractivity contribution in [3.8, 4) is 0 Å². The van der Waals surface area contributed by atoms with Crippen molar-refractivity contribution in [1.29, 1.82) is 0 Å². The van der Waals surface area contributed by atoms with Gasteiger partial charge in [-0.15, -0.1) is 0 Å². The Labute approximate surface area is 117 Å². The summed E-state index contributed by atoms with van der Waals surface area (Å²) in [6, 6.07) is 0.714. The van der Waals surface area contributed by atoms with E-state index in [1.807, 2.05) is 0 Å². The largest absolute Gasteiger partial charge is 0.396 e. The average molecular weight is 270 g/mol. The van der Waals surface area contributed by atoms with Crippen molar-refractivity contribution in [2.24, 2.45) is 5.41 Å². The number of likely N-dealkylation sites (N-methyl/N-ethyl adjacent to an activating group) is 1. The van der Waals surface area contributed by atoms with Gasteiger partial charge in [0.15, 0.2) is 0 Å². The highest BCUT2D eigenvalue weighted by Crippen LogP contribution is 2.32. The molecule has 2 heterocycles. The number of ether oxygens (including phenoxy) is 1. The molecule has 0 radical (unpaired) electrons. The van der Waals surface area contributed by atoms with Crippen LogP contribution in [0.2, 0.25) is 0 Å². The van der Waals surface area contributed by atoms with Gasteiger partial charge in [0.05, 0.1) is 6.61 Å². The summed E-state index contributed by atoms with van der Waals surface area (Å²) < 4.78 is 5.45. The Morgan fingerprint density at radius 2 is 1.95 bits per heavy atom. The van der Waals surface area contributed by atoms with E-state index < -0.39 is 0 Å². The van der Waals surface area contributed by atoms with Crippen LogP contribution in [-0.4, -0.2) is 73.5 Å². The van der Waals surface area contributed by atoms with Crippen molar-refractivity contribution >= 4 is 0 Å². The van der Waals surface area contributed by atoms with Crippen molar-refractivity contribution in [3.63, 3.8) is 0 Å². The summed E-state index contributed by atoms with van der Waals surface area (Å²) in [4.78, 5) is 5.13. The van der Waals surface area contributed by atoms with Gasteiger partial charge in [-0.3, -0.25) is 4.90 Å². The Morgan fingerprint density at radius 1 is 1.26 bits per heavy atom. The van der Waals surface area contributed by atoms with Gasteiger partial charge in [0.1, 0.15) is 0 Å². The van der Waals surface area contributed by atoms with Crippen LogP contribution < -0.4 is 0 Å². The third-order valence-corrected chi connectivity index (χ3v) is 5.02. The molecule has 2 fully saturated rings. The van der Waals surface area contributed by atoms with E-state index in [1.165, 1.54) is 19.5 Å². The normalized spacial score (nSPS) is 28.1. The van der Waals surface area contributed by atoms with Crippen LogP contribution in [0.25, 0.3) is 0 Å². The zero-order valence-electron chi connectivity index (χ0n) is 12.6. The second-order valence-electron chi connectivity index (χ2n) is 6.17. The van der Waals surface area contributed by atoms with Crippen LogP contribution in [0.1, 0.15) is 33.1 Å². The molecule has 1 atom stereocenters. The lowest BCUT2D eigenvalue weighted by Crippen LogP contribution is -2.44. The average Bonchev–Trinajstić information content (AvgIpc) is 2.89. The summed E-state index contributed by atoms with van der Waals surface area (Å²) in [6.45, 7) is 12.1. The molecule has 2 aliphatic rings. The molecular weight excluding hydrogens is 240 g/mol. The van der Waals surface area contributed by atoms with Crippen molar-refractivity contribution in [2.45, 2.75) is 39.2 Å². The van der Waals surface area contributed by atoms with Crippen LogP contribution >= 0.6 is 0 Å². The van der Waals surface area contributed by atoms with E-state index >= 15 is 0 Å². The molecule has 4 nitrogen and oxygen atoms in total. The molecule has 2 aliphatic heterocycles. The van der Waals surface area contributed by atoms with Gasteiger partial charge in [-0.05, 0) is 38.9 Å². The number of aliphatic hydroxyl groups excluding tert-OH is 1. The standard InChI is InChI=1S/C15H30N2O2/c1-3-17(4-2)14-5-8-16(11-14)12-15(13-18)6-9-19-10-7-15/h14,18H,3-13H2,1-2H3. The van der Waals surface area contributed by atoms with Crippen LogP contribution in [0.5, 0.6) is 0 Å². The predicted molar refractivity (Wildman–Crippen MR) is 77.3 cm³/mol. The van der Waals surface area contributed by atoms with Crippen molar-refractivity contribution in [2.75, 3.05) is 52.5 Å². The predicted octanol–water partition coefficient (Wildman–Crippen LogP) is 1.19. The molecular formula is C15H30N2O2. The molecule has 0 aromatic carbocycles. The molecule has 0 bridgehead atoms. The summed E-state index contributed by atoms with van der Waals surface area (Å²) in [5, 5.41) is 9.78. The van der Waals surface area contributed by atoms with Crippen molar-refractivity contribution in [3.05, 3.63) is 0 Å². The minimum absolute atomic E-state index is 0.0937. The Balaban J connectivity index is 1.86. The highest BCUT2D eigenvalue weighted by Gasteiger charge is 2.36. The monoisotopic (exact) mass is 270 g/mol. The smallest absolute Gasteiger partial charge is 0.0501 e. The maximum Gasteiger partial charge on any atom is 0.0501 e. The van der Waals surface area contributed by atoms with Crippen LogP contribution in [0.15, 0.2) is 0 Å². The first kappa shape index (κ1) is 15.2. The number of hydrogen-bond donors (Lipinski definition) is 1. The summed E-state index contributed by atoms with van der Waals surface area (Å²) in [5.41, 5.74) is 0.0937. The van der Waals surface area contributed by atoms with Gasteiger partial charge < -0.3 is 14.7 Å². The molecule has 2 rings (SSSR count). The third-order valence-electron chi connectivity index (χ3n) is 5.02. The van der Waals surface area contributed by atoms with E-state index in [9.17, 15) is 5.11 Å². The number of nitrogens with zero attached hydrogens (tertiary/aromatic N) is 2. The highest BCUT2D eigenvalue weighted by atomic mass is 16.5. The molecule has 0 aliphatic carbocycles. The zero-order chi connectivity index (χ0) is 13.7. The lowest BCUT2D eigenvalue weighted by atomic mass is 9.80. The lowest BCUT2D eigenvalue weighted by Gasteiger charge is -2.38. The van der Waals surface area contributed by atoms with Crippen LogP contribution in [0.4, 0.5) is 0 Å². The summed E-state index contributed by atoms with van der Waals surface area (Å²) in [7, 11) is 0. The Bertz CT molecular complexity index is 263. The van der Waals surface area contributed by atoms with Crippen LogP contribution in [0.3, 0.4) is 0 Å². The second-order valence-corrected chi connectivity index (χ2v) is 6.17. The number of hydrogen-bond acceptors (Lipinski definition) is 4. The van der Waals surface area contributed by atoms with E-state index in [-0.39, 0.29) is 5.41 Å². The summed E-state index contributed by atoms with van der Waals surface area (Å²) in [5.74, 6) is 0. The molecule has 1 unspecified atom stereocenters. The lowest BCUT2D eigenvalue weighted by molar-refractivity contribution is -0.0319. The summed E-state index contributed by atoms with van der Waals surface area (Å²) in [6.07, 6.45) is 3.30. The van der Waals surface area contributed by atoms with Crippen molar-refractivity contribution in [1.82, 2.24) is 9.80 Å². The van der Waals surface area contributed by atoms with Gasteiger partial charge in [-0.25, -0.2) is 0 Å². The Hall–Kier alpha value is -0.160. The van der Waals surface area contributed by atoms with Gasteiger partial charge in [0.25, 0.3) is 0 Å². The minimum atomic E-state index is 0.0937. The molecule has 4 heteroatoms. The van der Waals surface area contributed by atoms with Gasteiger partial charge >= 0.3 is 0 Å². The van der Waals surface area contributed by atoms with E-state index in [1.54, 1.807) is 0 Å². The third kappa shape index (κ3) is 3.69. The first-order valence-electron chi connectivity index (χ1n) is 7.88. The topological polar surface area (TPSA) is 35.9 Å². The van der Waals surface area contributed by atoms with Crippen molar-refractivity contribution < 1.29 is 9.84 Å². The molecule has 0 amide bonds. The Morgan fingerprint density at radius 3 is 2.53 bits per heavy atom. The van der Waals surface area contributed by atoms with Crippen LogP contribution in [0, 0.1) is 5.41 Å². The fourth-order valence-electron chi connectivity index (χ4n) is 3.64. The number of rotatable bonds is 6. The fourth-order valence-corrected chi connectivity index (χ4v) is 3.64. The van der Waals surface area contributed by atoms with Crippen LogP contribution in [-0.2, 0) is 4.74 Å². The molecule has 0 aromatic rings. The molecule has 2 saturated heterocycles. The highest BCUT2D eigenvalue weighted by molar-refractivity contribution is 4.89. The van der Waals surface area contributed by atoms with Gasteiger partial charge in [0, 0.05) is 37.8 Å². The summed E-state index contributed by atoms with van der Waals surface area (Å²) >= 11 is 0. The molecule has 0 saturated carbocycles. The molecule has 112 valence electrons. The SMILES string of the molecule is CCN(CC)C1CCN(CC2(CO)CCOCC2)C1. The minimum Gasteiger partial charge on any atom is -0.396 e.